The molecule has 0 radical (unpaired) electrons. The zero-order valence-corrected chi connectivity index (χ0v) is 17.3. The van der Waals surface area contributed by atoms with Gasteiger partial charge in [-0.1, -0.05) is 48.6 Å². The van der Waals surface area contributed by atoms with E-state index in [4.69, 9.17) is 0 Å². The van der Waals surface area contributed by atoms with E-state index in [9.17, 15) is 9.59 Å². The van der Waals surface area contributed by atoms with Gasteiger partial charge in [-0.05, 0) is 37.2 Å². The second-order valence-electron chi connectivity index (χ2n) is 7.60. The molecule has 1 fully saturated rings. The summed E-state index contributed by atoms with van der Waals surface area (Å²) in [7, 11) is 0. The maximum absolute atomic E-state index is 12.7. The van der Waals surface area contributed by atoms with E-state index < -0.39 is 5.56 Å². The molecule has 1 atom stereocenters. The van der Waals surface area contributed by atoms with Crippen molar-refractivity contribution in [2.75, 3.05) is 24.5 Å². The Kier molecular flexibility index (Phi) is 5.89. The molecule has 0 bridgehead atoms. The summed E-state index contributed by atoms with van der Waals surface area (Å²) in [4.78, 5) is 31.5. The lowest BCUT2D eigenvalue weighted by Crippen LogP contribution is -2.34. The lowest BCUT2D eigenvalue weighted by Gasteiger charge is -2.30. The van der Waals surface area contributed by atoms with E-state index in [1.165, 1.54) is 33.9 Å². The molecule has 0 unspecified atom stereocenters. The van der Waals surface area contributed by atoms with E-state index in [0.717, 1.165) is 37.5 Å². The quantitative estimate of drug-likeness (QED) is 0.631. The normalized spacial score (nSPS) is 16.9. The molecular weight excluding hydrogens is 386 g/mol. The highest BCUT2D eigenvalue weighted by Crippen LogP contribution is 2.27. The summed E-state index contributed by atoms with van der Waals surface area (Å²) in [6.07, 6.45) is 4.05. The van der Waals surface area contributed by atoms with E-state index >= 15 is 0 Å². The van der Waals surface area contributed by atoms with Gasteiger partial charge in [-0.2, -0.15) is 9.50 Å². The van der Waals surface area contributed by atoms with Crippen molar-refractivity contribution in [1.82, 2.24) is 19.9 Å². The number of nitrogens with one attached hydrogen (secondary N) is 1. The van der Waals surface area contributed by atoms with Crippen molar-refractivity contribution in [3.05, 3.63) is 58.0 Å². The fourth-order valence-corrected chi connectivity index (χ4v) is 4.63. The third-order valence-corrected chi connectivity index (χ3v) is 6.14. The summed E-state index contributed by atoms with van der Waals surface area (Å²) in [5.74, 6) is 0.313. The minimum Gasteiger partial charge on any atom is -0.351 e. The molecule has 1 saturated heterocycles. The van der Waals surface area contributed by atoms with E-state index in [1.54, 1.807) is 0 Å². The molecule has 8 heteroatoms. The van der Waals surface area contributed by atoms with Crippen molar-refractivity contribution in [3.8, 4) is 0 Å². The van der Waals surface area contributed by atoms with Gasteiger partial charge in [0.2, 0.25) is 10.1 Å². The minimum absolute atomic E-state index is 0.243. The highest BCUT2D eigenvalue weighted by molar-refractivity contribution is 7.20. The van der Waals surface area contributed by atoms with Crippen LogP contribution in [0.2, 0.25) is 0 Å². The SMILES string of the molecule is C[C@@H]1CCCN(c2nn3c(C(=O)NCCCc4ccccc4)cc(=O)nc3s2)C1. The standard InChI is InChI=1S/C21H25N5O2S/c1-15-7-6-12-25(14-15)21-24-26-17(13-18(27)23-20(26)29-21)19(28)22-11-5-10-16-8-3-2-4-9-16/h2-4,8-9,13,15H,5-7,10-12,14H2,1H3,(H,22,28)/t15-/m1/s1. The maximum atomic E-state index is 12.7. The van der Waals surface area contributed by atoms with Gasteiger partial charge in [0.25, 0.3) is 11.5 Å². The minimum atomic E-state index is -0.415. The zero-order valence-electron chi connectivity index (χ0n) is 16.5. The number of nitrogens with zero attached hydrogens (tertiary/aromatic N) is 4. The van der Waals surface area contributed by atoms with Crippen LogP contribution in [0.1, 0.15) is 42.2 Å². The fourth-order valence-electron chi connectivity index (χ4n) is 3.69. The number of amides is 1. The number of hydrogen-bond acceptors (Lipinski definition) is 6. The molecule has 29 heavy (non-hydrogen) atoms. The summed E-state index contributed by atoms with van der Waals surface area (Å²) in [5.41, 5.74) is 1.07. The summed E-state index contributed by atoms with van der Waals surface area (Å²) < 4.78 is 1.51. The van der Waals surface area contributed by atoms with Crippen LogP contribution >= 0.6 is 11.3 Å². The topological polar surface area (TPSA) is 79.6 Å². The molecule has 0 aliphatic carbocycles. The van der Waals surface area contributed by atoms with Crippen molar-refractivity contribution in [2.24, 2.45) is 5.92 Å². The van der Waals surface area contributed by atoms with Crippen molar-refractivity contribution < 1.29 is 4.79 Å². The summed E-state index contributed by atoms with van der Waals surface area (Å²) in [6, 6.07) is 11.4. The van der Waals surface area contributed by atoms with Crippen LogP contribution in [0.3, 0.4) is 0 Å². The molecule has 1 aliphatic rings. The van der Waals surface area contributed by atoms with E-state index in [2.05, 4.69) is 39.4 Å². The van der Waals surface area contributed by atoms with Gasteiger partial charge in [-0.25, -0.2) is 0 Å². The average molecular weight is 412 g/mol. The largest absolute Gasteiger partial charge is 0.351 e. The van der Waals surface area contributed by atoms with Gasteiger partial charge in [0.1, 0.15) is 5.69 Å². The van der Waals surface area contributed by atoms with Crippen LogP contribution in [0, 0.1) is 5.92 Å². The first-order valence-corrected chi connectivity index (χ1v) is 10.9. The monoisotopic (exact) mass is 411 g/mol. The first-order chi connectivity index (χ1) is 14.1. The molecule has 1 N–H and O–H groups in total. The lowest BCUT2D eigenvalue weighted by molar-refractivity contribution is 0.0945. The second-order valence-corrected chi connectivity index (χ2v) is 8.53. The lowest BCUT2D eigenvalue weighted by atomic mass is 10.0. The number of aryl methyl sites for hydroxylation is 1. The second kappa shape index (κ2) is 8.73. The van der Waals surface area contributed by atoms with Gasteiger partial charge in [0, 0.05) is 25.7 Å². The molecule has 3 heterocycles. The zero-order chi connectivity index (χ0) is 20.2. The number of carbonyl (C=O) groups is 1. The maximum Gasteiger partial charge on any atom is 0.274 e. The third kappa shape index (κ3) is 4.64. The molecule has 4 rings (SSSR count). The Morgan fingerprint density at radius 1 is 1.31 bits per heavy atom. The third-order valence-electron chi connectivity index (χ3n) is 5.17. The molecule has 3 aromatic rings. The van der Waals surface area contributed by atoms with Crippen molar-refractivity contribution in [1.29, 1.82) is 0 Å². The van der Waals surface area contributed by atoms with Crippen LogP contribution in [0.5, 0.6) is 0 Å². The molecule has 0 spiro atoms. The highest BCUT2D eigenvalue weighted by Gasteiger charge is 2.22. The Morgan fingerprint density at radius 3 is 2.93 bits per heavy atom. The first-order valence-electron chi connectivity index (χ1n) is 10.1. The Bertz CT molecular complexity index is 1050. The Hall–Kier alpha value is -2.74. The van der Waals surface area contributed by atoms with Crippen LogP contribution in [0.4, 0.5) is 5.13 Å². The Morgan fingerprint density at radius 2 is 2.14 bits per heavy atom. The van der Waals surface area contributed by atoms with Gasteiger partial charge in [-0.3, -0.25) is 9.59 Å². The smallest absolute Gasteiger partial charge is 0.274 e. The Labute approximate surface area is 173 Å². The number of aromatic nitrogens is 3. The molecule has 7 nitrogen and oxygen atoms in total. The number of benzene rings is 1. The molecular formula is C21H25N5O2S. The molecule has 1 aromatic carbocycles. The molecule has 1 aliphatic heterocycles. The van der Waals surface area contributed by atoms with Crippen LogP contribution in [0.25, 0.3) is 4.96 Å². The summed E-state index contributed by atoms with van der Waals surface area (Å²) >= 11 is 1.36. The number of carbonyl (C=O) groups excluding carboxylic acids is 1. The van der Waals surface area contributed by atoms with Gasteiger partial charge < -0.3 is 10.2 Å². The van der Waals surface area contributed by atoms with Crippen molar-refractivity contribution in [3.63, 3.8) is 0 Å². The predicted molar refractivity (Wildman–Crippen MR) is 115 cm³/mol. The van der Waals surface area contributed by atoms with Crippen molar-refractivity contribution in [2.45, 2.75) is 32.6 Å². The number of rotatable bonds is 6. The van der Waals surface area contributed by atoms with Crippen molar-refractivity contribution >= 4 is 27.3 Å². The van der Waals surface area contributed by atoms with Gasteiger partial charge in [-0.15, -0.1) is 5.10 Å². The van der Waals surface area contributed by atoms with E-state index in [1.807, 2.05) is 18.2 Å². The van der Waals surface area contributed by atoms with Gasteiger partial charge in [0.15, 0.2) is 0 Å². The Balaban J connectivity index is 1.47. The van der Waals surface area contributed by atoms with Crippen LogP contribution < -0.4 is 15.8 Å². The molecule has 152 valence electrons. The summed E-state index contributed by atoms with van der Waals surface area (Å²) in [5, 5.41) is 8.33. The number of piperidine rings is 1. The highest BCUT2D eigenvalue weighted by atomic mass is 32.1. The number of fused-ring (bicyclic) bond motifs is 1. The number of hydrogen-bond donors (Lipinski definition) is 1. The molecule has 2 aromatic heterocycles. The van der Waals surface area contributed by atoms with E-state index in [0.29, 0.717) is 17.4 Å². The van der Waals surface area contributed by atoms with Crippen LogP contribution in [0.15, 0.2) is 41.2 Å². The first kappa shape index (κ1) is 19.6. The van der Waals surface area contributed by atoms with Gasteiger partial charge in [0.05, 0.1) is 0 Å². The molecule has 1 amide bonds. The van der Waals surface area contributed by atoms with Crippen LogP contribution in [-0.2, 0) is 6.42 Å². The average Bonchev–Trinajstić information content (AvgIpc) is 3.15. The van der Waals surface area contributed by atoms with Gasteiger partial charge >= 0.3 is 0 Å². The number of anilines is 1. The predicted octanol–water partition coefficient (Wildman–Crippen LogP) is 2.75. The molecule has 0 saturated carbocycles. The summed E-state index contributed by atoms with van der Waals surface area (Å²) in [6.45, 7) is 4.64. The van der Waals surface area contributed by atoms with Crippen LogP contribution in [-0.4, -0.2) is 40.1 Å². The fraction of sp³-hybridized carbons (Fsp3) is 0.429. The van der Waals surface area contributed by atoms with E-state index in [-0.39, 0.29) is 11.6 Å².